The monoisotopic (exact) mass is 269 g/mol. The molecular formula is C12H12ClNS2. The molecule has 4 heteroatoms. The number of rotatable bonds is 2. The van der Waals surface area contributed by atoms with Gasteiger partial charge in [-0.2, -0.15) is 0 Å². The number of H-pyrrole nitrogens is 1. The second kappa shape index (κ2) is 4.70. The van der Waals surface area contributed by atoms with Gasteiger partial charge in [0.25, 0.3) is 0 Å². The number of aromatic nitrogens is 1. The van der Waals surface area contributed by atoms with Gasteiger partial charge in [-0.1, -0.05) is 24.6 Å². The Labute approximate surface area is 109 Å². The van der Waals surface area contributed by atoms with Gasteiger partial charge in [0.15, 0.2) is 3.95 Å². The highest BCUT2D eigenvalue weighted by Crippen LogP contribution is 2.31. The van der Waals surface area contributed by atoms with Crippen molar-refractivity contribution in [3.05, 3.63) is 37.6 Å². The number of aryl methyl sites for hydroxylation is 2. The fraction of sp³-hybridized carbons (Fsp3) is 0.250. The summed E-state index contributed by atoms with van der Waals surface area (Å²) in [7, 11) is 0. The lowest BCUT2D eigenvalue weighted by atomic mass is 10.0. The normalized spacial score (nSPS) is 10.7. The number of nitrogens with one attached hydrogen (secondary N) is 1. The van der Waals surface area contributed by atoms with Gasteiger partial charge in [0.05, 0.1) is 5.69 Å². The molecule has 0 bridgehead atoms. The first-order valence-corrected chi connectivity index (χ1v) is 6.70. The van der Waals surface area contributed by atoms with Crippen LogP contribution in [-0.4, -0.2) is 4.98 Å². The minimum atomic E-state index is 0.758. The number of halogens is 1. The topological polar surface area (TPSA) is 15.8 Å². The fourth-order valence-electron chi connectivity index (χ4n) is 1.69. The van der Waals surface area contributed by atoms with Crippen LogP contribution in [0.3, 0.4) is 0 Å². The number of benzene rings is 1. The van der Waals surface area contributed by atoms with Crippen molar-refractivity contribution in [1.29, 1.82) is 0 Å². The lowest BCUT2D eigenvalue weighted by molar-refractivity contribution is 1.17. The van der Waals surface area contributed by atoms with Gasteiger partial charge in [-0.3, -0.25) is 0 Å². The fourth-order valence-corrected chi connectivity index (χ4v) is 3.05. The van der Waals surface area contributed by atoms with Crippen LogP contribution in [0, 0.1) is 10.9 Å². The summed E-state index contributed by atoms with van der Waals surface area (Å²) in [5, 5.41) is 0.758. The summed E-state index contributed by atoms with van der Waals surface area (Å²) < 4.78 is 0.825. The Kier molecular flexibility index (Phi) is 3.47. The minimum absolute atomic E-state index is 0.758. The van der Waals surface area contributed by atoms with Crippen LogP contribution >= 0.6 is 35.2 Å². The Morgan fingerprint density at radius 1 is 1.44 bits per heavy atom. The largest absolute Gasteiger partial charge is 0.337 e. The van der Waals surface area contributed by atoms with Crippen LogP contribution in [-0.2, 0) is 6.42 Å². The molecule has 1 aromatic carbocycles. The van der Waals surface area contributed by atoms with Gasteiger partial charge in [-0.15, -0.1) is 11.3 Å². The van der Waals surface area contributed by atoms with Crippen LogP contribution < -0.4 is 0 Å². The molecule has 2 aromatic rings. The van der Waals surface area contributed by atoms with E-state index >= 15 is 0 Å². The molecule has 0 atom stereocenters. The highest BCUT2D eigenvalue weighted by atomic mass is 35.5. The molecule has 0 saturated carbocycles. The van der Waals surface area contributed by atoms with E-state index in [1.807, 2.05) is 18.2 Å². The van der Waals surface area contributed by atoms with Gasteiger partial charge in [0, 0.05) is 15.5 Å². The standard InChI is InChI=1S/C12H12ClNS2/c1-3-10-11(14-12(15)16-10)9-6-8(13)5-4-7(9)2/h4-6H,3H2,1-2H3,(H,14,15). The van der Waals surface area contributed by atoms with Gasteiger partial charge in [-0.05, 0) is 43.3 Å². The Morgan fingerprint density at radius 3 is 2.88 bits per heavy atom. The molecule has 0 aliphatic rings. The molecule has 0 radical (unpaired) electrons. The van der Waals surface area contributed by atoms with Crippen LogP contribution in [0.4, 0.5) is 0 Å². The van der Waals surface area contributed by atoms with Crippen molar-refractivity contribution in [1.82, 2.24) is 4.98 Å². The molecule has 84 valence electrons. The van der Waals surface area contributed by atoms with E-state index in [2.05, 4.69) is 18.8 Å². The molecule has 1 nitrogen and oxygen atoms in total. The molecule has 2 rings (SSSR count). The predicted molar refractivity (Wildman–Crippen MR) is 74.1 cm³/mol. The van der Waals surface area contributed by atoms with Crippen molar-refractivity contribution in [3.8, 4) is 11.3 Å². The highest BCUT2D eigenvalue weighted by Gasteiger charge is 2.10. The predicted octanol–water partition coefficient (Wildman–Crippen LogP) is 5.00. The molecule has 1 heterocycles. The van der Waals surface area contributed by atoms with Gasteiger partial charge < -0.3 is 4.98 Å². The second-order valence-corrected chi connectivity index (χ2v) is 5.83. The van der Waals surface area contributed by atoms with Crippen molar-refractivity contribution in [2.45, 2.75) is 20.3 Å². The summed E-state index contributed by atoms with van der Waals surface area (Å²) in [5.41, 5.74) is 3.48. The van der Waals surface area contributed by atoms with E-state index in [4.69, 9.17) is 23.8 Å². The van der Waals surface area contributed by atoms with Crippen molar-refractivity contribution in [2.75, 3.05) is 0 Å². The van der Waals surface area contributed by atoms with Crippen LogP contribution in [0.15, 0.2) is 18.2 Å². The van der Waals surface area contributed by atoms with E-state index in [-0.39, 0.29) is 0 Å². The zero-order valence-electron chi connectivity index (χ0n) is 9.13. The Morgan fingerprint density at radius 2 is 2.19 bits per heavy atom. The maximum Gasteiger partial charge on any atom is 0.159 e. The summed E-state index contributed by atoms with van der Waals surface area (Å²) in [6.45, 7) is 4.22. The Bertz CT molecular complexity index is 569. The SMILES string of the molecule is CCc1sc(=S)[nH]c1-c1cc(Cl)ccc1C. The Hall–Kier alpha value is -0.640. The third-order valence-electron chi connectivity index (χ3n) is 2.51. The minimum Gasteiger partial charge on any atom is -0.337 e. The summed E-state index contributed by atoms with van der Waals surface area (Å²) in [4.78, 5) is 4.54. The number of hydrogen-bond donors (Lipinski definition) is 1. The highest BCUT2D eigenvalue weighted by molar-refractivity contribution is 7.73. The van der Waals surface area contributed by atoms with Gasteiger partial charge >= 0.3 is 0 Å². The van der Waals surface area contributed by atoms with E-state index in [1.54, 1.807) is 11.3 Å². The molecule has 16 heavy (non-hydrogen) atoms. The summed E-state index contributed by atoms with van der Waals surface area (Å²) in [6.07, 6.45) is 0.985. The average Bonchev–Trinajstić information content (AvgIpc) is 2.63. The molecule has 0 aliphatic heterocycles. The maximum absolute atomic E-state index is 6.03. The van der Waals surface area contributed by atoms with Gasteiger partial charge in [-0.25, -0.2) is 0 Å². The summed E-state index contributed by atoms with van der Waals surface area (Å²) >= 11 is 12.9. The smallest absolute Gasteiger partial charge is 0.159 e. The van der Waals surface area contributed by atoms with E-state index < -0.39 is 0 Å². The molecule has 0 spiro atoms. The Balaban J connectivity index is 2.66. The van der Waals surface area contributed by atoms with E-state index in [9.17, 15) is 0 Å². The van der Waals surface area contributed by atoms with Gasteiger partial charge in [0.1, 0.15) is 0 Å². The molecule has 0 saturated heterocycles. The number of aromatic amines is 1. The third-order valence-corrected chi connectivity index (χ3v) is 4.13. The summed E-state index contributed by atoms with van der Waals surface area (Å²) in [6, 6.07) is 5.93. The van der Waals surface area contributed by atoms with E-state index in [0.717, 1.165) is 26.7 Å². The quantitative estimate of drug-likeness (QED) is 0.759. The number of hydrogen-bond acceptors (Lipinski definition) is 2. The third kappa shape index (κ3) is 2.21. The molecular weight excluding hydrogens is 258 g/mol. The average molecular weight is 270 g/mol. The van der Waals surface area contributed by atoms with Crippen LogP contribution in [0.5, 0.6) is 0 Å². The molecule has 1 aromatic heterocycles. The first-order valence-electron chi connectivity index (χ1n) is 5.10. The van der Waals surface area contributed by atoms with Crippen molar-refractivity contribution < 1.29 is 0 Å². The first kappa shape index (κ1) is 11.8. The van der Waals surface area contributed by atoms with Crippen LogP contribution in [0.1, 0.15) is 17.4 Å². The van der Waals surface area contributed by atoms with E-state index in [0.29, 0.717) is 0 Å². The molecule has 0 unspecified atom stereocenters. The lowest BCUT2D eigenvalue weighted by Gasteiger charge is -2.06. The summed E-state index contributed by atoms with van der Waals surface area (Å²) in [5.74, 6) is 0. The van der Waals surface area contributed by atoms with Crippen LogP contribution in [0.25, 0.3) is 11.3 Å². The van der Waals surface area contributed by atoms with Crippen LogP contribution in [0.2, 0.25) is 5.02 Å². The van der Waals surface area contributed by atoms with Crippen molar-refractivity contribution in [3.63, 3.8) is 0 Å². The van der Waals surface area contributed by atoms with Crippen molar-refractivity contribution >= 4 is 35.2 Å². The second-order valence-electron chi connectivity index (χ2n) is 3.63. The molecule has 1 N–H and O–H groups in total. The molecule has 0 aliphatic carbocycles. The van der Waals surface area contributed by atoms with E-state index in [1.165, 1.54) is 10.4 Å². The molecule has 0 amide bonds. The number of thiazole rings is 1. The first-order chi connectivity index (χ1) is 7.61. The lowest BCUT2D eigenvalue weighted by Crippen LogP contribution is -1.87. The zero-order valence-corrected chi connectivity index (χ0v) is 11.5. The van der Waals surface area contributed by atoms with Gasteiger partial charge in [0.2, 0.25) is 0 Å². The zero-order chi connectivity index (χ0) is 11.7. The molecule has 0 fully saturated rings. The van der Waals surface area contributed by atoms with Crippen molar-refractivity contribution in [2.24, 2.45) is 0 Å². The maximum atomic E-state index is 6.03.